The molecule has 0 fully saturated rings. The first-order valence-corrected chi connectivity index (χ1v) is 19.9. The van der Waals surface area contributed by atoms with E-state index in [0.29, 0.717) is 12.8 Å². The van der Waals surface area contributed by atoms with Gasteiger partial charge in [-0.3, -0.25) is 14.4 Å². The highest BCUT2D eigenvalue weighted by Gasteiger charge is 2.19. The molecule has 0 saturated heterocycles. The zero-order valence-electron chi connectivity index (χ0n) is 32.8. The van der Waals surface area contributed by atoms with E-state index < -0.39 is 12.1 Å². The third-order valence-electron chi connectivity index (χ3n) is 7.54. The largest absolute Gasteiger partial charge is 0.462 e. The number of unbranched alkanes of at least 4 members (excludes halogenated alkanes) is 5. The summed E-state index contributed by atoms with van der Waals surface area (Å²) >= 11 is 0. The summed E-state index contributed by atoms with van der Waals surface area (Å²) < 4.78 is 16.4. The Kier molecular flexibility index (Phi) is 36.8. The molecular formula is C46H70O6. The molecule has 6 heteroatoms. The van der Waals surface area contributed by atoms with Crippen LogP contribution in [-0.2, 0) is 28.6 Å². The van der Waals surface area contributed by atoms with Gasteiger partial charge < -0.3 is 14.2 Å². The Morgan fingerprint density at radius 3 is 1.17 bits per heavy atom. The van der Waals surface area contributed by atoms with Gasteiger partial charge in [0.2, 0.25) is 0 Å². The Morgan fingerprint density at radius 2 is 0.750 bits per heavy atom. The highest BCUT2D eigenvalue weighted by Crippen LogP contribution is 2.09. The average Bonchev–Trinajstić information content (AvgIpc) is 3.14. The van der Waals surface area contributed by atoms with E-state index in [-0.39, 0.29) is 38.0 Å². The molecule has 52 heavy (non-hydrogen) atoms. The van der Waals surface area contributed by atoms with Gasteiger partial charge in [-0.25, -0.2) is 0 Å². The van der Waals surface area contributed by atoms with Crippen molar-refractivity contribution in [2.45, 2.75) is 149 Å². The maximum Gasteiger partial charge on any atom is 0.310 e. The molecule has 0 aromatic rings. The van der Waals surface area contributed by atoms with Crippen molar-refractivity contribution < 1.29 is 28.6 Å². The summed E-state index contributed by atoms with van der Waals surface area (Å²) in [5, 5.41) is 0. The quantitative estimate of drug-likeness (QED) is 0.0291. The van der Waals surface area contributed by atoms with Gasteiger partial charge in [0.15, 0.2) is 6.10 Å². The van der Waals surface area contributed by atoms with Gasteiger partial charge in [0.1, 0.15) is 13.2 Å². The molecular weight excluding hydrogens is 648 g/mol. The summed E-state index contributed by atoms with van der Waals surface area (Å²) in [6.07, 6.45) is 52.7. The van der Waals surface area contributed by atoms with Crippen LogP contribution in [0.25, 0.3) is 0 Å². The Hall–Kier alpha value is -3.93. The van der Waals surface area contributed by atoms with Crippen LogP contribution >= 0.6 is 0 Å². The van der Waals surface area contributed by atoms with Crippen molar-refractivity contribution >= 4 is 17.9 Å². The number of hydrogen-bond acceptors (Lipinski definition) is 6. The minimum absolute atomic E-state index is 0.0863. The molecule has 0 aliphatic carbocycles. The van der Waals surface area contributed by atoms with E-state index in [1.165, 1.54) is 0 Å². The fraction of sp³-hybridized carbons (Fsp3) is 0.543. The van der Waals surface area contributed by atoms with Gasteiger partial charge in [0.25, 0.3) is 0 Å². The number of ether oxygens (including phenoxy) is 3. The molecule has 0 bridgehead atoms. The number of rotatable bonds is 33. The lowest BCUT2D eigenvalue weighted by atomic mass is 10.1. The number of hydrogen-bond donors (Lipinski definition) is 0. The molecule has 0 heterocycles. The molecule has 0 spiro atoms. The van der Waals surface area contributed by atoms with Gasteiger partial charge in [-0.1, -0.05) is 137 Å². The summed E-state index contributed by atoms with van der Waals surface area (Å²) in [4.78, 5) is 37.4. The van der Waals surface area contributed by atoms with Gasteiger partial charge >= 0.3 is 17.9 Å². The van der Waals surface area contributed by atoms with Crippen molar-refractivity contribution in [2.24, 2.45) is 0 Å². The van der Waals surface area contributed by atoms with Gasteiger partial charge in [-0.2, -0.15) is 0 Å². The maximum atomic E-state index is 12.5. The van der Waals surface area contributed by atoms with Crippen LogP contribution < -0.4 is 0 Å². The standard InChI is InChI=1S/C46H70O6/c1-4-7-10-13-16-19-20-21-22-23-24-25-28-30-33-36-39-45(48)51-42-43(52-46(49)40-37-34-31-27-18-15-12-9-6-3)41-50-44(47)38-35-32-29-26-17-14-11-8-5-2/h7-12,16-19,21-22,24-27,34,37,43H,4-6,13-15,20,23,28-33,35-36,38-42H2,1-3H3/b10-7-,11-8-,12-9-,19-16-,22-21-,25-24-,26-17-,27-18-,37-34-. The Bertz CT molecular complexity index is 1150. The fourth-order valence-corrected chi connectivity index (χ4v) is 4.65. The van der Waals surface area contributed by atoms with E-state index in [0.717, 1.165) is 96.3 Å². The van der Waals surface area contributed by atoms with Crippen LogP contribution in [0, 0.1) is 0 Å². The maximum absolute atomic E-state index is 12.5. The Labute approximate surface area is 317 Å². The summed E-state index contributed by atoms with van der Waals surface area (Å²) in [6, 6.07) is 0. The highest BCUT2D eigenvalue weighted by molar-refractivity contribution is 5.72. The van der Waals surface area contributed by atoms with Crippen molar-refractivity contribution in [3.63, 3.8) is 0 Å². The van der Waals surface area contributed by atoms with Crippen molar-refractivity contribution in [1.82, 2.24) is 0 Å². The fourth-order valence-electron chi connectivity index (χ4n) is 4.65. The predicted molar refractivity (Wildman–Crippen MR) is 219 cm³/mol. The normalized spacial score (nSPS) is 13.2. The first kappa shape index (κ1) is 48.1. The highest BCUT2D eigenvalue weighted by atomic mass is 16.6. The van der Waals surface area contributed by atoms with Crippen LogP contribution in [0.5, 0.6) is 0 Å². The molecule has 290 valence electrons. The molecule has 0 amide bonds. The first-order valence-electron chi connectivity index (χ1n) is 19.9. The van der Waals surface area contributed by atoms with Crippen LogP contribution in [-0.4, -0.2) is 37.2 Å². The van der Waals surface area contributed by atoms with E-state index in [1.54, 1.807) is 6.08 Å². The van der Waals surface area contributed by atoms with Gasteiger partial charge in [-0.15, -0.1) is 0 Å². The molecule has 0 aliphatic heterocycles. The monoisotopic (exact) mass is 719 g/mol. The number of esters is 3. The predicted octanol–water partition coefficient (Wildman–Crippen LogP) is 12.5. The van der Waals surface area contributed by atoms with E-state index in [9.17, 15) is 14.4 Å². The van der Waals surface area contributed by atoms with Crippen molar-refractivity contribution in [3.8, 4) is 0 Å². The smallest absolute Gasteiger partial charge is 0.310 e. The minimum Gasteiger partial charge on any atom is -0.462 e. The molecule has 0 aromatic carbocycles. The van der Waals surface area contributed by atoms with Gasteiger partial charge in [0.05, 0.1) is 6.42 Å². The molecule has 1 unspecified atom stereocenters. The zero-order valence-corrected chi connectivity index (χ0v) is 32.8. The molecule has 1 atom stereocenters. The second-order valence-electron chi connectivity index (χ2n) is 12.4. The van der Waals surface area contributed by atoms with Crippen molar-refractivity contribution in [1.29, 1.82) is 0 Å². The second kappa shape index (κ2) is 39.8. The third-order valence-corrected chi connectivity index (χ3v) is 7.54. The zero-order chi connectivity index (χ0) is 38.0. The molecule has 0 aliphatic rings. The number of carbonyl (C=O) groups excluding carboxylic acids is 3. The van der Waals surface area contributed by atoms with Crippen LogP contribution in [0.15, 0.2) is 109 Å². The third kappa shape index (κ3) is 37.3. The van der Waals surface area contributed by atoms with Crippen molar-refractivity contribution in [2.75, 3.05) is 13.2 Å². The number of carbonyl (C=O) groups is 3. The summed E-state index contributed by atoms with van der Waals surface area (Å²) in [6.45, 7) is 6.07. The van der Waals surface area contributed by atoms with E-state index >= 15 is 0 Å². The molecule has 0 N–H and O–H groups in total. The van der Waals surface area contributed by atoms with Gasteiger partial charge in [0, 0.05) is 12.8 Å². The molecule has 6 nitrogen and oxygen atoms in total. The summed E-state index contributed by atoms with van der Waals surface area (Å²) in [7, 11) is 0. The topological polar surface area (TPSA) is 78.9 Å². The molecule has 0 aromatic heterocycles. The van der Waals surface area contributed by atoms with E-state index in [1.807, 2.05) is 6.08 Å². The lowest BCUT2D eigenvalue weighted by Crippen LogP contribution is -2.30. The summed E-state index contributed by atoms with van der Waals surface area (Å²) in [5.41, 5.74) is 0. The van der Waals surface area contributed by atoms with Crippen LogP contribution in [0.1, 0.15) is 143 Å². The van der Waals surface area contributed by atoms with Crippen LogP contribution in [0.4, 0.5) is 0 Å². The molecule has 0 rings (SSSR count). The van der Waals surface area contributed by atoms with E-state index in [2.05, 4.69) is 118 Å². The molecule has 0 saturated carbocycles. The SMILES string of the molecule is CC/C=C\C/C=C\C/C=C\C/C=C\CCCCCC(=O)OCC(COC(=O)CCCC/C=C\C/C=C\CC)OC(=O)C/C=C\C/C=C\C/C=C\CC. The minimum atomic E-state index is -0.851. The lowest BCUT2D eigenvalue weighted by molar-refractivity contribution is -0.166. The molecule has 0 radical (unpaired) electrons. The lowest BCUT2D eigenvalue weighted by Gasteiger charge is -2.18. The van der Waals surface area contributed by atoms with Crippen LogP contribution in [0.3, 0.4) is 0 Å². The summed E-state index contributed by atoms with van der Waals surface area (Å²) in [5.74, 6) is -1.15. The van der Waals surface area contributed by atoms with Gasteiger partial charge in [-0.05, 0) is 96.3 Å². The second-order valence-corrected chi connectivity index (χ2v) is 12.4. The number of allylic oxidation sites excluding steroid dienone is 17. The Morgan fingerprint density at radius 1 is 0.404 bits per heavy atom. The first-order chi connectivity index (χ1) is 25.5. The van der Waals surface area contributed by atoms with E-state index in [4.69, 9.17) is 14.2 Å². The average molecular weight is 719 g/mol. The van der Waals surface area contributed by atoms with Crippen molar-refractivity contribution in [3.05, 3.63) is 109 Å². The van der Waals surface area contributed by atoms with Crippen LogP contribution in [0.2, 0.25) is 0 Å². The Balaban J connectivity index is 4.53.